The first-order chi connectivity index (χ1) is 7.22. The maximum absolute atomic E-state index is 3.39. The average Bonchev–Trinajstić information content (AvgIpc) is 2.61. The molecule has 15 heavy (non-hydrogen) atoms. The largest absolute Gasteiger partial charge is 0.361 e. The number of benzene rings is 1. The van der Waals surface area contributed by atoms with E-state index in [0.29, 0.717) is 0 Å². The molecule has 0 unspecified atom stereocenters. The molecule has 1 heterocycles. The Balaban J connectivity index is 2.51. The summed E-state index contributed by atoms with van der Waals surface area (Å²) in [6.07, 6.45) is 3.21. The summed E-state index contributed by atoms with van der Waals surface area (Å²) in [6, 6.07) is 6.54. The van der Waals surface area contributed by atoms with Gasteiger partial charge in [0.1, 0.15) is 0 Å². The van der Waals surface area contributed by atoms with Crippen molar-refractivity contribution in [2.24, 2.45) is 0 Å². The number of hydrogen-bond acceptors (Lipinski definition) is 1. The van der Waals surface area contributed by atoms with E-state index in [-0.39, 0.29) is 0 Å². The van der Waals surface area contributed by atoms with Crippen molar-refractivity contribution in [1.29, 1.82) is 0 Å². The van der Waals surface area contributed by atoms with Gasteiger partial charge in [-0.3, -0.25) is 0 Å². The molecule has 0 aliphatic heterocycles. The van der Waals surface area contributed by atoms with E-state index in [0.717, 1.165) is 13.0 Å². The quantitative estimate of drug-likeness (QED) is 0.811. The Hall–Kier alpha value is -1.28. The zero-order valence-corrected chi connectivity index (χ0v) is 9.67. The molecule has 0 saturated carbocycles. The van der Waals surface area contributed by atoms with Crippen molar-refractivity contribution in [2.75, 3.05) is 14.1 Å². The van der Waals surface area contributed by atoms with Gasteiger partial charge in [-0.2, -0.15) is 0 Å². The molecule has 2 aromatic rings. The number of nitrogens with one attached hydrogen (secondary N) is 1. The minimum Gasteiger partial charge on any atom is -0.361 e. The van der Waals surface area contributed by atoms with E-state index < -0.39 is 0 Å². The van der Waals surface area contributed by atoms with Crippen LogP contribution in [-0.4, -0.2) is 24.0 Å². The van der Waals surface area contributed by atoms with Crippen molar-refractivity contribution in [3.63, 3.8) is 0 Å². The van der Waals surface area contributed by atoms with E-state index in [1.54, 1.807) is 0 Å². The maximum Gasteiger partial charge on any atom is 0.0489 e. The molecule has 1 N–H and O–H groups in total. The van der Waals surface area contributed by atoms with E-state index in [9.17, 15) is 0 Å². The normalized spacial score (nSPS) is 11.5. The standard InChI is InChI=1S/C13H18N2/c1-4-10-6-5-7-12-11(9-15(2)3)8-14-13(10)12/h5-8,14H,4,9H2,1-3H3. The molecule has 0 spiro atoms. The molecule has 0 aliphatic rings. The number of hydrogen-bond donors (Lipinski definition) is 1. The van der Waals surface area contributed by atoms with Crippen LogP contribution in [0.4, 0.5) is 0 Å². The molecular formula is C13H18N2. The molecule has 0 saturated heterocycles. The highest BCUT2D eigenvalue weighted by Crippen LogP contribution is 2.22. The molecule has 1 aromatic heterocycles. The van der Waals surface area contributed by atoms with Gasteiger partial charge in [0.25, 0.3) is 0 Å². The maximum atomic E-state index is 3.39. The van der Waals surface area contributed by atoms with Crippen LogP contribution in [-0.2, 0) is 13.0 Å². The first-order valence-corrected chi connectivity index (χ1v) is 5.45. The van der Waals surface area contributed by atoms with Crippen LogP contribution in [0.2, 0.25) is 0 Å². The molecule has 0 amide bonds. The molecule has 0 radical (unpaired) electrons. The van der Waals surface area contributed by atoms with Crippen LogP contribution in [0.1, 0.15) is 18.1 Å². The first kappa shape index (κ1) is 10.2. The molecule has 1 aromatic carbocycles. The SMILES string of the molecule is CCc1cccc2c(CN(C)C)c[nH]c12. The lowest BCUT2D eigenvalue weighted by Crippen LogP contribution is -2.10. The van der Waals surface area contributed by atoms with E-state index in [2.05, 4.69) is 55.3 Å². The van der Waals surface area contributed by atoms with Gasteiger partial charge in [-0.25, -0.2) is 0 Å². The lowest BCUT2D eigenvalue weighted by molar-refractivity contribution is 0.404. The van der Waals surface area contributed by atoms with E-state index in [1.807, 2.05) is 0 Å². The van der Waals surface area contributed by atoms with Crippen LogP contribution in [0, 0.1) is 0 Å². The summed E-state index contributed by atoms with van der Waals surface area (Å²) in [6.45, 7) is 3.19. The van der Waals surface area contributed by atoms with Crippen molar-refractivity contribution < 1.29 is 0 Å². The van der Waals surface area contributed by atoms with Crippen molar-refractivity contribution in [2.45, 2.75) is 19.9 Å². The summed E-state index contributed by atoms with van der Waals surface area (Å²) in [5, 5.41) is 1.36. The van der Waals surface area contributed by atoms with Gasteiger partial charge in [0.15, 0.2) is 0 Å². The van der Waals surface area contributed by atoms with E-state index in [1.165, 1.54) is 22.0 Å². The van der Waals surface area contributed by atoms with Crippen LogP contribution in [0.3, 0.4) is 0 Å². The van der Waals surface area contributed by atoms with Gasteiger partial charge in [0.2, 0.25) is 0 Å². The second kappa shape index (κ2) is 4.07. The molecule has 2 rings (SSSR count). The third-order valence-electron chi connectivity index (χ3n) is 2.75. The highest BCUT2D eigenvalue weighted by atomic mass is 15.0. The molecule has 0 fully saturated rings. The predicted molar refractivity (Wildman–Crippen MR) is 65.1 cm³/mol. The first-order valence-electron chi connectivity index (χ1n) is 5.45. The number of nitrogens with zero attached hydrogens (tertiary/aromatic N) is 1. The Labute approximate surface area is 90.9 Å². The van der Waals surface area contributed by atoms with Gasteiger partial charge in [-0.1, -0.05) is 25.1 Å². The monoisotopic (exact) mass is 202 g/mol. The Bertz CT molecular complexity index is 455. The fourth-order valence-corrected chi connectivity index (χ4v) is 2.04. The summed E-state index contributed by atoms with van der Waals surface area (Å²) < 4.78 is 0. The summed E-state index contributed by atoms with van der Waals surface area (Å²) in [7, 11) is 4.20. The zero-order valence-electron chi connectivity index (χ0n) is 9.67. The Morgan fingerprint density at radius 2 is 2.00 bits per heavy atom. The summed E-state index contributed by atoms with van der Waals surface area (Å²) >= 11 is 0. The predicted octanol–water partition coefficient (Wildman–Crippen LogP) is 2.79. The van der Waals surface area contributed by atoms with Gasteiger partial charge in [-0.05, 0) is 31.6 Å². The second-order valence-corrected chi connectivity index (χ2v) is 4.24. The fourth-order valence-electron chi connectivity index (χ4n) is 2.04. The number of para-hydroxylation sites is 1. The topological polar surface area (TPSA) is 19.0 Å². The number of fused-ring (bicyclic) bond motifs is 1. The van der Waals surface area contributed by atoms with Gasteiger partial charge in [0, 0.05) is 23.6 Å². The van der Waals surface area contributed by atoms with Gasteiger partial charge in [0.05, 0.1) is 0 Å². The molecule has 80 valence electrons. The number of aryl methyl sites for hydroxylation is 1. The summed E-state index contributed by atoms with van der Waals surface area (Å²) in [5.41, 5.74) is 4.08. The van der Waals surface area contributed by atoms with Gasteiger partial charge < -0.3 is 9.88 Å². The number of aromatic nitrogens is 1. The fraction of sp³-hybridized carbons (Fsp3) is 0.385. The average molecular weight is 202 g/mol. The third kappa shape index (κ3) is 1.90. The van der Waals surface area contributed by atoms with Gasteiger partial charge >= 0.3 is 0 Å². The molecule has 2 heteroatoms. The van der Waals surface area contributed by atoms with Crippen molar-refractivity contribution >= 4 is 10.9 Å². The number of rotatable bonds is 3. The highest BCUT2D eigenvalue weighted by molar-refractivity contribution is 5.86. The Morgan fingerprint density at radius 3 is 2.67 bits per heavy atom. The number of H-pyrrole nitrogens is 1. The van der Waals surface area contributed by atoms with E-state index in [4.69, 9.17) is 0 Å². The van der Waals surface area contributed by atoms with Crippen LogP contribution >= 0.6 is 0 Å². The molecule has 2 nitrogen and oxygen atoms in total. The molecular weight excluding hydrogens is 184 g/mol. The van der Waals surface area contributed by atoms with Gasteiger partial charge in [-0.15, -0.1) is 0 Å². The summed E-state index contributed by atoms with van der Waals surface area (Å²) in [5.74, 6) is 0. The molecule has 0 bridgehead atoms. The zero-order chi connectivity index (χ0) is 10.8. The smallest absolute Gasteiger partial charge is 0.0489 e. The minimum absolute atomic E-state index is 0.993. The lowest BCUT2D eigenvalue weighted by Gasteiger charge is -2.08. The molecule has 0 atom stereocenters. The van der Waals surface area contributed by atoms with E-state index >= 15 is 0 Å². The molecule has 0 aliphatic carbocycles. The summed E-state index contributed by atoms with van der Waals surface area (Å²) in [4.78, 5) is 5.58. The Morgan fingerprint density at radius 1 is 1.20 bits per heavy atom. The highest BCUT2D eigenvalue weighted by Gasteiger charge is 2.06. The van der Waals surface area contributed by atoms with Crippen LogP contribution < -0.4 is 0 Å². The van der Waals surface area contributed by atoms with Crippen molar-refractivity contribution in [1.82, 2.24) is 9.88 Å². The van der Waals surface area contributed by atoms with Crippen molar-refractivity contribution in [3.8, 4) is 0 Å². The third-order valence-corrected chi connectivity index (χ3v) is 2.75. The lowest BCUT2D eigenvalue weighted by atomic mass is 10.1. The second-order valence-electron chi connectivity index (χ2n) is 4.24. The van der Waals surface area contributed by atoms with Crippen LogP contribution in [0.5, 0.6) is 0 Å². The van der Waals surface area contributed by atoms with Crippen molar-refractivity contribution in [3.05, 3.63) is 35.5 Å². The Kier molecular flexibility index (Phi) is 2.78. The van der Waals surface area contributed by atoms with Crippen LogP contribution in [0.25, 0.3) is 10.9 Å². The van der Waals surface area contributed by atoms with Crippen LogP contribution in [0.15, 0.2) is 24.4 Å². The minimum atomic E-state index is 0.993. The number of aromatic amines is 1.